The molecule has 5 nitrogen and oxygen atoms in total. The highest BCUT2D eigenvalue weighted by atomic mass is 32.2. The molecule has 2 rings (SSSR count). The van der Waals surface area contributed by atoms with E-state index in [4.69, 9.17) is 5.73 Å². The van der Waals surface area contributed by atoms with Crippen LogP contribution >= 0.6 is 11.8 Å². The first-order valence-electron chi connectivity index (χ1n) is 5.90. The zero-order valence-corrected chi connectivity index (χ0v) is 10.8. The number of nitrogens with one attached hydrogen (secondary N) is 1. The summed E-state index contributed by atoms with van der Waals surface area (Å²) in [5.41, 5.74) is 7.19. The molecule has 6 heteroatoms. The number of imidazole rings is 1. The third-order valence-electron chi connectivity index (χ3n) is 2.52. The zero-order valence-electron chi connectivity index (χ0n) is 9.94. The summed E-state index contributed by atoms with van der Waals surface area (Å²) < 4.78 is 0. The highest BCUT2D eigenvalue weighted by Gasteiger charge is 2.07. The average Bonchev–Trinajstić information content (AvgIpc) is 2.77. The molecule has 3 N–H and O–H groups in total. The van der Waals surface area contributed by atoms with Crippen LogP contribution in [0, 0.1) is 0 Å². The molecule has 0 radical (unpaired) electrons. The van der Waals surface area contributed by atoms with Gasteiger partial charge in [-0.3, -0.25) is 0 Å². The number of fused-ring (bicyclic) bond motifs is 1. The number of thioether (sulfide) groups is 1. The number of rotatable bonds is 6. The lowest BCUT2D eigenvalue weighted by Crippen LogP contribution is -1.97. The largest absolute Gasteiger partial charge is 0.382 e. The molecule has 0 aliphatic carbocycles. The lowest BCUT2D eigenvalue weighted by atomic mass is 10.2. The predicted octanol–water partition coefficient (Wildman–Crippen LogP) is 2.61. The Bertz CT molecular complexity index is 482. The molecule has 0 aliphatic rings. The fraction of sp³-hybridized carbons (Fsp3) is 0.545. The van der Waals surface area contributed by atoms with Crippen molar-refractivity contribution < 1.29 is 0 Å². The zero-order chi connectivity index (χ0) is 12.1. The first kappa shape index (κ1) is 12.2. The number of hydrogen-bond acceptors (Lipinski definition) is 5. The molecule has 0 aliphatic heterocycles. The fourth-order valence-corrected chi connectivity index (χ4v) is 2.44. The van der Waals surface area contributed by atoms with E-state index in [1.807, 2.05) is 0 Å². The number of H-pyrrole nitrogens is 1. The fourth-order valence-electron chi connectivity index (χ4n) is 1.59. The van der Waals surface area contributed by atoms with Crippen LogP contribution < -0.4 is 5.73 Å². The summed E-state index contributed by atoms with van der Waals surface area (Å²) >= 11 is 1.65. The number of nitrogen functional groups attached to an aromatic ring is 1. The summed E-state index contributed by atoms with van der Waals surface area (Å²) in [6.45, 7) is 2.21. The summed E-state index contributed by atoms with van der Waals surface area (Å²) in [7, 11) is 0. The predicted molar refractivity (Wildman–Crippen MR) is 71.0 cm³/mol. The quantitative estimate of drug-likeness (QED) is 0.468. The standard InChI is InChI=1S/C11H17N5S/c1-2-3-4-5-6-17-11-15-9(12)8-10(16-11)14-7-13-8/h7H,2-6H2,1H3,(H3,12,13,14,15,16). The van der Waals surface area contributed by atoms with Crippen molar-refractivity contribution in [2.75, 3.05) is 11.5 Å². The van der Waals surface area contributed by atoms with Gasteiger partial charge in [-0.2, -0.15) is 0 Å². The van der Waals surface area contributed by atoms with E-state index in [2.05, 4.69) is 26.9 Å². The average molecular weight is 251 g/mol. The van der Waals surface area contributed by atoms with Crippen molar-refractivity contribution >= 4 is 28.7 Å². The van der Waals surface area contributed by atoms with Crippen LogP contribution in [0.15, 0.2) is 11.5 Å². The van der Waals surface area contributed by atoms with Crippen LogP contribution in [0.3, 0.4) is 0 Å². The summed E-state index contributed by atoms with van der Waals surface area (Å²) in [4.78, 5) is 15.6. The summed E-state index contributed by atoms with van der Waals surface area (Å²) in [5.74, 6) is 1.51. The first-order valence-corrected chi connectivity index (χ1v) is 6.89. The molecule has 2 aromatic rings. The van der Waals surface area contributed by atoms with Crippen LogP contribution in [0.1, 0.15) is 32.6 Å². The second-order valence-corrected chi connectivity index (χ2v) is 4.96. The normalized spacial score (nSPS) is 11.1. The lowest BCUT2D eigenvalue weighted by Gasteiger charge is -2.01. The van der Waals surface area contributed by atoms with Crippen LogP contribution in [-0.4, -0.2) is 25.7 Å². The smallest absolute Gasteiger partial charge is 0.191 e. The molecule has 0 spiro atoms. The number of aromatic nitrogens is 4. The van der Waals surface area contributed by atoms with E-state index in [1.54, 1.807) is 18.1 Å². The Morgan fingerprint density at radius 2 is 2.18 bits per heavy atom. The van der Waals surface area contributed by atoms with Gasteiger partial charge < -0.3 is 10.7 Å². The van der Waals surface area contributed by atoms with Crippen LogP contribution in [0.2, 0.25) is 0 Å². The molecule has 0 amide bonds. The van der Waals surface area contributed by atoms with Gasteiger partial charge in [0.1, 0.15) is 5.52 Å². The van der Waals surface area contributed by atoms with Crippen LogP contribution in [-0.2, 0) is 0 Å². The first-order chi connectivity index (χ1) is 8.31. The van der Waals surface area contributed by atoms with E-state index in [1.165, 1.54) is 25.7 Å². The van der Waals surface area contributed by atoms with Gasteiger partial charge in [0.15, 0.2) is 16.6 Å². The van der Waals surface area contributed by atoms with E-state index in [0.717, 1.165) is 16.4 Å². The second-order valence-electron chi connectivity index (χ2n) is 3.90. The topological polar surface area (TPSA) is 80.5 Å². The van der Waals surface area contributed by atoms with Gasteiger partial charge >= 0.3 is 0 Å². The van der Waals surface area contributed by atoms with E-state index < -0.39 is 0 Å². The molecule has 17 heavy (non-hydrogen) atoms. The Hall–Kier alpha value is -1.30. The van der Waals surface area contributed by atoms with Crippen molar-refractivity contribution in [1.82, 2.24) is 19.9 Å². The highest BCUT2D eigenvalue weighted by molar-refractivity contribution is 7.99. The molecule has 0 unspecified atom stereocenters. The van der Waals surface area contributed by atoms with E-state index in [0.29, 0.717) is 11.5 Å². The third kappa shape index (κ3) is 3.09. The maximum Gasteiger partial charge on any atom is 0.191 e. The van der Waals surface area contributed by atoms with Crippen LogP contribution in [0.5, 0.6) is 0 Å². The molecular formula is C11H17N5S. The van der Waals surface area contributed by atoms with Crippen molar-refractivity contribution in [2.45, 2.75) is 37.8 Å². The van der Waals surface area contributed by atoms with Crippen molar-refractivity contribution in [3.63, 3.8) is 0 Å². The molecule has 0 aromatic carbocycles. The molecular weight excluding hydrogens is 234 g/mol. The summed E-state index contributed by atoms with van der Waals surface area (Å²) in [5, 5.41) is 0.721. The Morgan fingerprint density at radius 3 is 3.00 bits per heavy atom. The maximum atomic E-state index is 5.82. The van der Waals surface area contributed by atoms with Crippen molar-refractivity contribution in [3.8, 4) is 0 Å². The Labute approximate surface area is 105 Å². The van der Waals surface area contributed by atoms with Gasteiger partial charge in [0.25, 0.3) is 0 Å². The van der Waals surface area contributed by atoms with Gasteiger partial charge in [0.2, 0.25) is 0 Å². The third-order valence-corrected chi connectivity index (χ3v) is 3.46. The molecule has 0 saturated carbocycles. The molecule has 0 atom stereocenters. The molecule has 2 heterocycles. The molecule has 0 bridgehead atoms. The molecule has 0 saturated heterocycles. The van der Waals surface area contributed by atoms with E-state index in [9.17, 15) is 0 Å². The molecule has 2 aromatic heterocycles. The van der Waals surface area contributed by atoms with Gasteiger partial charge in [-0.1, -0.05) is 37.9 Å². The van der Waals surface area contributed by atoms with Crippen LogP contribution in [0.25, 0.3) is 11.2 Å². The van der Waals surface area contributed by atoms with Gasteiger partial charge in [-0.05, 0) is 6.42 Å². The Morgan fingerprint density at radius 1 is 1.29 bits per heavy atom. The number of aromatic amines is 1. The van der Waals surface area contributed by atoms with Gasteiger partial charge in [0.05, 0.1) is 6.33 Å². The number of hydrogen-bond donors (Lipinski definition) is 2. The Kier molecular flexibility index (Phi) is 4.19. The van der Waals surface area contributed by atoms with Crippen molar-refractivity contribution in [3.05, 3.63) is 6.33 Å². The van der Waals surface area contributed by atoms with Crippen molar-refractivity contribution in [1.29, 1.82) is 0 Å². The minimum Gasteiger partial charge on any atom is -0.382 e. The summed E-state index contributed by atoms with van der Waals surface area (Å²) in [6, 6.07) is 0. The summed E-state index contributed by atoms with van der Waals surface area (Å²) in [6.07, 6.45) is 6.60. The lowest BCUT2D eigenvalue weighted by molar-refractivity contribution is 0.706. The maximum absolute atomic E-state index is 5.82. The van der Waals surface area contributed by atoms with Gasteiger partial charge in [0, 0.05) is 5.75 Å². The van der Waals surface area contributed by atoms with Gasteiger partial charge in [-0.25, -0.2) is 15.0 Å². The number of anilines is 1. The van der Waals surface area contributed by atoms with Gasteiger partial charge in [-0.15, -0.1) is 0 Å². The minimum atomic E-state index is 0.476. The van der Waals surface area contributed by atoms with E-state index in [-0.39, 0.29) is 0 Å². The SMILES string of the molecule is CCCCCCSc1nc(N)c2[nH]cnc2n1. The number of nitrogens with zero attached hydrogens (tertiary/aromatic N) is 3. The highest BCUT2D eigenvalue weighted by Crippen LogP contribution is 2.20. The van der Waals surface area contributed by atoms with Crippen LogP contribution in [0.4, 0.5) is 5.82 Å². The molecule has 92 valence electrons. The van der Waals surface area contributed by atoms with Crippen molar-refractivity contribution in [2.24, 2.45) is 0 Å². The van der Waals surface area contributed by atoms with E-state index >= 15 is 0 Å². The second kappa shape index (κ2) is 5.86. The molecule has 0 fully saturated rings. The number of unbranched alkanes of at least 4 members (excludes halogenated alkanes) is 3. The number of nitrogens with two attached hydrogens (primary N) is 1. The monoisotopic (exact) mass is 251 g/mol. The minimum absolute atomic E-state index is 0.476. The Balaban J connectivity index is 1.94.